The fourth-order valence-corrected chi connectivity index (χ4v) is 2.93. The predicted octanol–water partition coefficient (Wildman–Crippen LogP) is 4.95. The molecule has 0 fully saturated rings. The molecule has 0 saturated carbocycles. The minimum absolute atomic E-state index is 0.258. The average molecular weight is 419 g/mol. The summed E-state index contributed by atoms with van der Waals surface area (Å²) in [5, 5.41) is 7.49. The molecule has 0 aliphatic carbocycles. The Bertz CT molecular complexity index is 1060. The van der Waals surface area contributed by atoms with Gasteiger partial charge in [-0.25, -0.2) is 9.67 Å². The van der Waals surface area contributed by atoms with E-state index < -0.39 is 0 Å². The lowest BCUT2D eigenvalue weighted by atomic mass is 10.1. The number of halogens is 1. The van der Waals surface area contributed by atoms with E-state index in [4.69, 9.17) is 0 Å². The highest BCUT2D eigenvalue weighted by Crippen LogP contribution is 2.24. The summed E-state index contributed by atoms with van der Waals surface area (Å²) in [4.78, 5) is 17.1. The van der Waals surface area contributed by atoms with E-state index in [2.05, 4.69) is 31.3 Å². The normalized spacial score (nSPS) is 10.6. The quantitative estimate of drug-likeness (QED) is 0.509. The standard InChI is InChI=1S/C21H15BrN4O/c22-16-11-12-19(23-13-16)24-21(27)18-14-26(17-9-5-2-6-10-17)25-20(18)15-7-3-1-4-8-15/h1-14H,(H,23,24,27). The van der Waals surface area contributed by atoms with E-state index in [9.17, 15) is 4.79 Å². The number of carbonyl (C=O) groups is 1. The summed E-state index contributed by atoms with van der Waals surface area (Å²) in [5.74, 6) is 0.223. The Balaban J connectivity index is 1.74. The van der Waals surface area contributed by atoms with Crippen molar-refractivity contribution >= 4 is 27.7 Å². The van der Waals surface area contributed by atoms with E-state index in [1.54, 1.807) is 23.1 Å². The number of hydrogen-bond acceptors (Lipinski definition) is 3. The molecule has 1 amide bonds. The Kier molecular flexibility index (Phi) is 4.80. The lowest BCUT2D eigenvalue weighted by molar-refractivity contribution is 0.102. The van der Waals surface area contributed by atoms with E-state index in [0.29, 0.717) is 17.1 Å². The van der Waals surface area contributed by atoms with Gasteiger partial charge in [0, 0.05) is 22.4 Å². The number of aromatic nitrogens is 3. The third-order valence-electron chi connectivity index (χ3n) is 4.00. The van der Waals surface area contributed by atoms with E-state index in [1.807, 2.05) is 66.7 Å². The summed E-state index contributed by atoms with van der Waals surface area (Å²) in [6, 6.07) is 22.9. The highest BCUT2D eigenvalue weighted by atomic mass is 79.9. The SMILES string of the molecule is O=C(Nc1ccc(Br)cn1)c1cn(-c2ccccc2)nc1-c1ccccc1. The van der Waals surface area contributed by atoms with Crippen molar-refractivity contribution in [2.45, 2.75) is 0 Å². The highest BCUT2D eigenvalue weighted by Gasteiger charge is 2.19. The maximum Gasteiger partial charge on any atom is 0.260 e. The van der Waals surface area contributed by atoms with Gasteiger partial charge in [-0.2, -0.15) is 5.10 Å². The van der Waals surface area contributed by atoms with Crippen molar-refractivity contribution in [3.63, 3.8) is 0 Å². The van der Waals surface area contributed by atoms with Crippen LogP contribution in [0.5, 0.6) is 0 Å². The van der Waals surface area contributed by atoms with Crippen molar-refractivity contribution in [1.29, 1.82) is 0 Å². The molecule has 0 aliphatic heterocycles. The molecule has 0 bridgehead atoms. The van der Waals surface area contributed by atoms with Crippen molar-refractivity contribution in [1.82, 2.24) is 14.8 Å². The number of anilines is 1. The van der Waals surface area contributed by atoms with Gasteiger partial charge in [-0.15, -0.1) is 0 Å². The monoisotopic (exact) mass is 418 g/mol. The fraction of sp³-hybridized carbons (Fsp3) is 0. The molecule has 0 radical (unpaired) electrons. The van der Waals surface area contributed by atoms with Crippen molar-refractivity contribution in [3.05, 3.63) is 95.2 Å². The zero-order valence-electron chi connectivity index (χ0n) is 14.2. The van der Waals surface area contributed by atoms with Crippen molar-refractivity contribution in [2.24, 2.45) is 0 Å². The van der Waals surface area contributed by atoms with Gasteiger partial charge in [0.25, 0.3) is 5.91 Å². The Morgan fingerprint density at radius 1 is 0.926 bits per heavy atom. The van der Waals surface area contributed by atoms with Crippen molar-refractivity contribution in [3.8, 4) is 16.9 Å². The largest absolute Gasteiger partial charge is 0.306 e. The zero-order valence-corrected chi connectivity index (χ0v) is 15.8. The second-order valence-electron chi connectivity index (χ2n) is 5.85. The van der Waals surface area contributed by atoms with Crippen LogP contribution in [0.3, 0.4) is 0 Å². The van der Waals surface area contributed by atoms with Gasteiger partial charge in [-0.05, 0) is 40.2 Å². The molecule has 2 aromatic heterocycles. The Labute approximate surface area is 164 Å². The summed E-state index contributed by atoms with van der Waals surface area (Å²) in [6.07, 6.45) is 3.38. The van der Waals surface area contributed by atoms with Crippen molar-refractivity contribution in [2.75, 3.05) is 5.32 Å². The highest BCUT2D eigenvalue weighted by molar-refractivity contribution is 9.10. The average Bonchev–Trinajstić information content (AvgIpc) is 3.17. The Morgan fingerprint density at radius 2 is 1.63 bits per heavy atom. The molecule has 6 heteroatoms. The molecule has 5 nitrogen and oxygen atoms in total. The van der Waals surface area contributed by atoms with Crippen LogP contribution in [-0.2, 0) is 0 Å². The summed E-state index contributed by atoms with van der Waals surface area (Å²) in [6.45, 7) is 0. The van der Waals surface area contributed by atoms with Crippen LogP contribution in [-0.4, -0.2) is 20.7 Å². The van der Waals surface area contributed by atoms with E-state index in [0.717, 1.165) is 15.7 Å². The summed E-state index contributed by atoms with van der Waals surface area (Å²) in [7, 11) is 0. The summed E-state index contributed by atoms with van der Waals surface area (Å²) in [5.41, 5.74) is 2.86. The molecule has 0 spiro atoms. The third kappa shape index (κ3) is 3.80. The zero-order chi connectivity index (χ0) is 18.6. The maximum atomic E-state index is 12.9. The molecule has 0 unspecified atom stereocenters. The molecule has 0 saturated heterocycles. The number of rotatable bonds is 4. The first kappa shape index (κ1) is 17.2. The minimum atomic E-state index is -0.258. The lowest BCUT2D eigenvalue weighted by Crippen LogP contribution is -2.13. The molecule has 2 aromatic carbocycles. The van der Waals surface area contributed by atoms with Gasteiger partial charge in [0.05, 0.1) is 11.3 Å². The molecule has 4 aromatic rings. The van der Waals surface area contributed by atoms with Gasteiger partial charge < -0.3 is 5.32 Å². The molecule has 132 valence electrons. The number of nitrogens with zero attached hydrogens (tertiary/aromatic N) is 3. The van der Waals surface area contributed by atoms with Crippen LogP contribution in [0.1, 0.15) is 10.4 Å². The van der Waals surface area contributed by atoms with Gasteiger partial charge in [-0.3, -0.25) is 4.79 Å². The summed E-state index contributed by atoms with van der Waals surface area (Å²) < 4.78 is 2.56. The molecule has 27 heavy (non-hydrogen) atoms. The molecule has 0 aliphatic rings. The second kappa shape index (κ2) is 7.55. The number of pyridine rings is 1. The molecular weight excluding hydrogens is 404 g/mol. The van der Waals surface area contributed by atoms with Gasteiger partial charge in [0.2, 0.25) is 0 Å². The van der Waals surface area contributed by atoms with Gasteiger partial charge in [0.15, 0.2) is 0 Å². The van der Waals surface area contributed by atoms with Crippen LogP contribution in [0.2, 0.25) is 0 Å². The molecule has 1 N–H and O–H groups in total. The number of benzene rings is 2. The van der Waals surface area contributed by atoms with Crippen LogP contribution in [0.4, 0.5) is 5.82 Å². The molecule has 4 rings (SSSR count). The number of hydrogen-bond donors (Lipinski definition) is 1. The Hall–Kier alpha value is -3.25. The van der Waals surface area contributed by atoms with Crippen LogP contribution in [0, 0.1) is 0 Å². The first-order chi connectivity index (χ1) is 13.2. The third-order valence-corrected chi connectivity index (χ3v) is 4.46. The molecular formula is C21H15BrN4O. The molecule has 2 heterocycles. The molecule has 0 atom stereocenters. The fourth-order valence-electron chi connectivity index (χ4n) is 2.70. The Morgan fingerprint density at radius 3 is 2.30 bits per heavy atom. The van der Waals surface area contributed by atoms with Crippen LogP contribution < -0.4 is 5.32 Å². The van der Waals surface area contributed by atoms with E-state index in [1.165, 1.54) is 0 Å². The summed E-state index contributed by atoms with van der Waals surface area (Å²) >= 11 is 3.34. The predicted molar refractivity (Wildman–Crippen MR) is 109 cm³/mol. The van der Waals surface area contributed by atoms with Gasteiger partial charge in [-0.1, -0.05) is 48.5 Å². The number of amides is 1. The number of para-hydroxylation sites is 1. The van der Waals surface area contributed by atoms with E-state index in [-0.39, 0.29) is 5.91 Å². The minimum Gasteiger partial charge on any atom is -0.306 e. The lowest BCUT2D eigenvalue weighted by Gasteiger charge is -2.04. The first-order valence-corrected chi connectivity index (χ1v) is 9.13. The van der Waals surface area contributed by atoms with Crippen LogP contribution in [0.25, 0.3) is 16.9 Å². The number of carbonyl (C=O) groups excluding carboxylic acids is 1. The van der Waals surface area contributed by atoms with Crippen LogP contribution in [0.15, 0.2) is 89.7 Å². The first-order valence-electron chi connectivity index (χ1n) is 8.34. The number of nitrogens with one attached hydrogen (secondary N) is 1. The van der Waals surface area contributed by atoms with E-state index >= 15 is 0 Å². The topological polar surface area (TPSA) is 59.8 Å². The van der Waals surface area contributed by atoms with Gasteiger partial charge >= 0.3 is 0 Å². The smallest absolute Gasteiger partial charge is 0.260 e. The van der Waals surface area contributed by atoms with Crippen LogP contribution >= 0.6 is 15.9 Å². The van der Waals surface area contributed by atoms with Crippen molar-refractivity contribution < 1.29 is 4.79 Å². The maximum absolute atomic E-state index is 12.9. The van der Waals surface area contributed by atoms with Gasteiger partial charge in [0.1, 0.15) is 11.5 Å². The second-order valence-corrected chi connectivity index (χ2v) is 6.77.